The summed E-state index contributed by atoms with van der Waals surface area (Å²) in [5.74, 6) is 0.124. The molecule has 3 aromatic rings. The number of aromatic amines is 1. The second-order valence-electron chi connectivity index (χ2n) is 4.59. The molecule has 0 bridgehead atoms. The number of halogens is 3. The summed E-state index contributed by atoms with van der Waals surface area (Å²) in [4.78, 5) is 3.46. The number of aromatic nitrogens is 3. The number of rotatable bonds is 4. The molecule has 0 amide bonds. The fraction of sp³-hybridized carbons (Fsp3) is 0.154. The Balaban J connectivity index is 1.89. The van der Waals surface area contributed by atoms with E-state index in [1.165, 1.54) is 13.1 Å². The van der Waals surface area contributed by atoms with Gasteiger partial charge in [0.25, 0.3) is 6.43 Å². The largest absolute Gasteiger partial charge is 0.360 e. The zero-order valence-corrected chi connectivity index (χ0v) is 12.9. The minimum atomic E-state index is -2.64. The van der Waals surface area contributed by atoms with Gasteiger partial charge in [-0.1, -0.05) is 17.7 Å². The molecule has 22 heavy (non-hydrogen) atoms. The van der Waals surface area contributed by atoms with E-state index in [4.69, 9.17) is 11.6 Å². The van der Waals surface area contributed by atoms with Gasteiger partial charge in [0.05, 0.1) is 4.90 Å². The molecule has 0 saturated carbocycles. The van der Waals surface area contributed by atoms with Crippen molar-refractivity contribution in [2.75, 3.05) is 4.72 Å². The highest BCUT2D eigenvalue weighted by Gasteiger charge is 2.17. The van der Waals surface area contributed by atoms with Gasteiger partial charge in [-0.25, -0.2) is 13.0 Å². The predicted molar refractivity (Wildman–Crippen MR) is 81.5 cm³/mol. The first kappa shape index (κ1) is 15.0. The third-order valence-corrected chi connectivity index (χ3v) is 4.51. The molecule has 2 heterocycles. The van der Waals surface area contributed by atoms with Crippen LogP contribution in [-0.2, 0) is 18.0 Å². The molecular formula is C13H11ClF2N4OS. The quantitative estimate of drug-likeness (QED) is 0.759. The van der Waals surface area contributed by atoms with Crippen LogP contribution in [0.5, 0.6) is 0 Å². The van der Waals surface area contributed by atoms with Gasteiger partial charge in [0.15, 0.2) is 16.8 Å². The van der Waals surface area contributed by atoms with Crippen LogP contribution in [0.4, 0.5) is 14.6 Å². The predicted octanol–water partition coefficient (Wildman–Crippen LogP) is 3.63. The maximum Gasteiger partial charge on any atom is 0.280 e. The molecule has 5 nitrogen and oxygen atoms in total. The fourth-order valence-electron chi connectivity index (χ4n) is 2.11. The Hall–Kier alpha value is -1.93. The monoisotopic (exact) mass is 344 g/mol. The molecule has 0 aliphatic carbocycles. The van der Waals surface area contributed by atoms with Gasteiger partial charge in [-0.2, -0.15) is 5.10 Å². The molecule has 0 saturated heterocycles. The molecule has 0 fully saturated rings. The SMILES string of the molecule is Cn1nc(NS(=O)c2c[nH]c3cc(Cl)ccc23)cc1C(F)F. The number of hydrogen-bond donors (Lipinski definition) is 2. The molecule has 0 spiro atoms. The van der Waals surface area contributed by atoms with E-state index in [2.05, 4.69) is 14.8 Å². The summed E-state index contributed by atoms with van der Waals surface area (Å²) in [7, 11) is -0.232. The highest BCUT2D eigenvalue weighted by molar-refractivity contribution is 7.86. The molecule has 2 N–H and O–H groups in total. The maximum absolute atomic E-state index is 12.7. The summed E-state index contributed by atoms with van der Waals surface area (Å²) >= 11 is 5.89. The van der Waals surface area contributed by atoms with Crippen molar-refractivity contribution in [3.63, 3.8) is 0 Å². The van der Waals surface area contributed by atoms with Gasteiger partial charge in [0.2, 0.25) is 0 Å². The number of benzene rings is 1. The van der Waals surface area contributed by atoms with Crippen molar-refractivity contribution in [3.05, 3.63) is 41.2 Å². The smallest absolute Gasteiger partial charge is 0.280 e. The Morgan fingerprint density at radius 2 is 2.18 bits per heavy atom. The van der Waals surface area contributed by atoms with E-state index in [0.29, 0.717) is 9.92 Å². The van der Waals surface area contributed by atoms with Crippen LogP contribution in [-0.4, -0.2) is 19.0 Å². The number of anilines is 1. The number of fused-ring (bicyclic) bond motifs is 1. The molecule has 1 aromatic carbocycles. The van der Waals surface area contributed by atoms with Gasteiger partial charge in [0.1, 0.15) is 5.69 Å². The first-order valence-electron chi connectivity index (χ1n) is 6.23. The molecular weight excluding hydrogens is 334 g/mol. The van der Waals surface area contributed by atoms with Crippen molar-refractivity contribution in [2.45, 2.75) is 11.3 Å². The van der Waals surface area contributed by atoms with Crippen LogP contribution in [0.15, 0.2) is 35.4 Å². The Kier molecular flexibility index (Phi) is 3.88. The van der Waals surface area contributed by atoms with Crippen molar-refractivity contribution in [3.8, 4) is 0 Å². The lowest BCUT2D eigenvalue weighted by Gasteiger charge is -2.01. The summed E-state index contributed by atoms with van der Waals surface area (Å²) in [6.45, 7) is 0. The first-order valence-corrected chi connectivity index (χ1v) is 7.75. The lowest BCUT2D eigenvalue weighted by atomic mass is 10.2. The Bertz CT molecular complexity index is 861. The zero-order valence-electron chi connectivity index (χ0n) is 11.3. The molecule has 1 atom stereocenters. The van der Waals surface area contributed by atoms with Gasteiger partial charge < -0.3 is 4.98 Å². The minimum Gasteiger partial charge on any atom is -0.360 e. The molecule has 0 radical (unpaired) electrons. The topological polar surface area (TPSA) is 62.7 Å². The molecule has 0 aliphatic heterocycles. The number of nitrogens with one attached hydrogen (secondary N) is 2. The van der Waals surface area contributed by atoms with Crippen LogP contribution >= 0.6 is 11.6 Å². The van der Waals surface area contributed by atoms with Crippen molar-refractivity contribution in [2.24, 2.45) is 7.05 Å². The van der Waals surface area contributed by atoms with Crippen molar-refractivity contribution in [1.82, 2.24) is 14.8 Å². The molecule has 116 valence electrons. The summed E-state index contributed by atoms with van der Waals surface area (Å²) in [5.41, 5.74) is 0.497. The standard InChI is InChI=1S/C13H11ClF2N4OS/c1-20-10(13(15)16)5-12(18-20)19-22(21)11-6-17-9-4-7(14)2-3-8(9)11/h2-6,13,17H,1H3,(H,18,19). The normalized spacial score (nSPS) is 13.0. The third-order valence-electron chi connectivity index (χ3n) is 3.14. The molecule has 1 unspecified atom stereocenters. The third kappa shape index (κ3) is 2.71. The van der Waals surface area contributed by atoms with Crippen LogP contribution in [0.1, 0.15) is 12.1 Å². The lowest BCUT2D eigenvalue weighted by molar-refractivity contribution is 0.141. The fourth-order valence-corrected chi connectivity index (χ4v) is 3.23. The van der Waals surface area contributed by atoms with Crippen molar-refractivity contribution >= 4 is 39.3 Å². The number of nitrogens with zero attached hydrogens (tertiary/aromatic N) is 2. The summed E-state index contributed by atoms with van der Waals surface area (Å²) < 4.78 is 41.5. The van der Waals surface area contributed by atoms with E-state index in [1.807, 2.05) is 0 Å². The van der Waals surface area contributed by atoms with Crippen LogP contribution in [0.25, 0.3) is 10.9 Å². The molecule has 2 aromatic heterocycles. The van der Waals surface area contributed by atoms with Gasteiger partial charge in [-0.05, 0) is 12.1 Å². The zero-order chi connectivity index (χ0) is 15.9. The Morgan fingerprint density at radius 1 is 1.41 bits per heavy atom. The second-order valence-corrected chi connectivity index (χ2v) is 6.21. The highest BCUT2D eigenvalue weighted by Crippen LogP contribution is 2.26. The summed E-state index contributed by atoms with van der Waals surface area (Å²) in [6, 6.07) is 6.32. The summed E-state index contributed by atoms with van der Waals surface area (Å²) in [5, 5.41) is 5.17. The van der Waals surface area contributed by atoms with E-state index in [0.717, 1.165) is 15.6 Å². The Labute approximate surface area is 131 Å². The van der Waals surface area contributed by atoms with Crippen LogP contribution in [0.3, 0.4) is 0 Å². The van der Waals surface area contributed by atoms with Crippen molar-refractivity contribution in [1.29, 1.82) is 0 Å². The minimum absolute atomic E-state index is 0.124. The van der Waals surface area contributed by atoms with E-state index in [-0.39, 0.29) is 11.5 Å². The number of H-pyrrole nitrogens is 1. The van der Waals surface area contributed by atoms with E-state index in [1.54, 1.807) is 24.4 Å². The van der Waals surface area contributed by atoms with E-state index >= 15 is 0 Å². The van der Waals surface area contributed by atoms with Crippen LogP contribution < -0.4 is 4.72 Å². The number of hydrogen-bond acceptors (Lipinski definition) is 2. The number of aryl methyl sites for hydroxylation is 1. The first-order chi connectivity index (χ1) is 10.5. The van der Waals surface area contributed by atoms with E-state index < -0.39 is 17.4 Å². The average molecular weight is 345 g/mol. The van der Waals surface area contributed by atoms with Crippen molar-refractivity contribution < 1.29 is 13.0 Å². The average Bonchev–Trinajstić information content (AvgIpc) is 3.01. The molecule has 0 aliphatic rings. The van der Waals surface area contributed by atoms with Gasteiger partial charge in [-0.3, -0.25) is 9.40 Å². The van der Waals surface area contributed by atoms with Gasteiger partial charge >= 0.3 is 0 Å². The van der Waals surface area contributed by atoms with E-state index in [9.17, 15) is 13.0 Å². The second kappa shape index (κ2) is 5.69. The lowest BCUT2D eigenvalue weighted by Crippen LogP contribution is -2.05. The Morgan fingerprint density at radius 3 is 2.86 bits per heavy atom. The van der Waals surface area contributed by atoms with Crippen LogP contribution in [0.2, 0.25) is 5.02 Å². The summed E-state index contributed by atoms with van der Waals surface area (Å²) in [6.07, 6.45) is -1.06. The molecule has 9 heteroatoms. The maximum atomic E-state index is 12.7. The number of alkyl halides is 2. The van der Waals surface area contributed by atoms with Crippen LogP contribution in [0, 0.1) is 0 Å². The molecule has 3 rings (SSSR count). The van der Waals surface area contributed by atoms with Gasteiger partial charge in [-0.15, -0.1) is 0 Å². The van der Waals surface area contributed by atoms with Gasteiger partial charge in [0, 0.05) is 35.2 Å². The highest BCUT2D eigenvalue weighted by atomic mass is 35.5.